The molecule has 0 radical (unpaired) electrons. The molecule has 0 saturated carbocycles. The van der Waals surface area contributed by atoms with E-state index in [1.165, 1.54) is 4.68 Å². The normalized spacial score (nSPS) is 10.7. The highest BCUT2D eigenvalue weighted by molar-refractivity contribution is 5.56. The van der Waals surface area contributed by atoms with Crippen molar-refractivity contribution in [2.24, 2.45) is 0 Å². The van der Waals surface area contributed by atoms with Gasteiger partial charge in [0.15, 0.2) is 0 Å². The fourth-order valence-electron chi connectivity index (χ4n) is 1.87. The van der Waals surface area contributed by atoms with E-state index in [2.05, 4.69) is 5.10 Å². The van der Waals surface area contributed by atoms with Crippen molar-refractivity contribution in [2.75, 3.05) is 5.73 Å². The fraction of sp³-hybridized carbons (Fsp3) is 0.0667. The molecule has 5 nitrogen and oxygen atoms in total. The van der Waals surface area contributed by atoms with Crippen LogP contribution in [0.4, 0.5) is 5.69 Å². The second-order valence-electron chi connectivity index (χ2n) is 4.54. The lowest BCUT2D eigenvalue weighted by atomic mass is 10.2. The zero-order chi connectivity index (χ0) is 14.1. The van der Waals surface area contributed by atoms with Gasteiger partial charge in [-0.3, -0.25) is 0 Å². The van der Waals surface area contributed by atoms with Crippen LogP contribution in [0.2, 0.25) is 0 Å². The van der Waals surface area contributed by atoms with Gasteiger partial charge in [-0.15, -0.1) is 5.10 Å². The number of rotatable bonds is 2. The molecule has 0 aliphatic rings. The monoisotopic (exact) mass is 267 g/mol. The fourth-order valence-corrected chi connectivity index (χ4v) is 1.87. The average molecular weight is 267 g/mol. The van der Waals surface area contributed by atoms with Crippen molar-refractivity contribution in [1.29, 1.82) is 0 Å². The van der Waals surface area contributed by atoms with E-state index in [0.29, 0.717) is 16.9 Å². The maximum absolute atomic E-state index is 11.9. The molecule has 0 atom stereocenters. The Bertz CT molecular complexity index is 783. The van der Waals surface area contributed by atoms with Gasteiger partial charge in [-0.05, 0) is 43.3 Å². The van der Waals surface area contributed by atoms with E-state index >= 15 is 0 Å². The molecule has 5 heteroatoms. The maximum atomic E-state index is 11.9. The number of nitrogens with two attached hydrogens (primary N) is 1. The van der Waals surface area contributed by atoms with Crippen molar-refractivity contribution >= 4 is 5.69 Å². The van der Waals surface area contributed by atoms with E-state index in [-0.39, 0.29) is 5.89 Å². The number of aryl methyl sites for hydroxylation is 1. The van der Waals surface area contributed by atoms with Gasteiger partial charge >= 0.3 is 5.76 Å². The molecular formula is C15H13N3O2. The molecule has 0 spiro atoms. The Hall–Kier alpha value is -2.82. The Morgan fingerprint density at radius 1 is 1.05 bits per heavy atom. The summed E-state index contributed by atoms with van der Waals surface area (Å²) >= 11 is 0. The number of hydrogen-bond donors (Lipinski definition) is 1. The van der Waals surface area contributed by atoms with Crippen LogP contribution in [0.25, 0.3) is 17.1 Å². The van der Waals surface area contributed by atoms with Gasteiger partial charge in [-0.1, -0.05) is 17.7 Å². The highest BCUT2D eigenvalue weighted by Crippen LogP contribution is 2.18. The molecule has 2 aromatic carbocycles. The molecule has 1 aromatic heterocycles. The Balaban J connectivity index is 2.05. The van der Waals surface area contributed by atoms with Gasteiger partial charge in [0.25, 0.3) is 0 Å². The second-order valence-corrected chi connectivity index (χ2v) is 4.54. The molecule has 0 unspecified atom stereocenters. The summed E-state index contributed by atoms with van der Waals surface area (Å²) in [5.74, 6) is -0.240. The van der Waals surface area contributed by atoms with E-state index in [1.54, 1.807) is 24.3 Å². The minimum Gasteiger partial charge on any atom is -0.399 e. The summed E-state index contributed by atoms with van der Waals surface area (Å²) in [5.41, 5.74) is 8.77. The molecule has 1 heterocycles. The first-order valence-electron chi connectivity index (χ1n) is 6.16. The van der Waals surface area contributed by atoms with E-state index in [4.69, 9.17) is 10.2 Å². The molecule has 0 aliphatic heterocycles. The van der Waals surface area contributed by atoms with Crippen LogP contribution in [0.5, 0.6) is 0 Å². The van der Waals surface area contributed by atoms with E-state index < -0.39 is 5.76 Å². The summed E-state index contributed by atoms with van der Waals surface area (Å²) in [6.07, 6.45) is 0. The van der Waals surface area contributed by atoms with Crippen LogP contribution >= 0.6 is 0 Å². The van der Waals surface area contributed by atoms with Gasteiger partial charge in [-0.2, -0.15) is 4.68 Å². The van der Waals surface area contributed by atoms with E-state index in [1.807, 2.05) is 31.2 Å². The number of hydrogen-bond acceptors (Lipinski definition) is 4. The van der Waals surface area contributed by atoms with Gasteiger partial charge < -0.3 is 10.2 Å². The lowest BCUT2D eigenvalue weighted by Gasteiger charge is -1.98. The van der Waals surface area contributed by atoms with Crippen molar-refractivity contribution < 1.29 is 4.42 Å². The summed E-state index contributed by atoms with van der Waals surface area (Å²) in [4.78, 5) is 11.9. The third-order valence-electron chi connectivity index (χ3n) is 2.98. The first-order chi connectivity index (χ1) is 9.63. The summed E-state index contributed by atoms with van der Waals surface area (Å²) in [6.45, 7) is 1.98. The smallest absolute Gasteiger partial charge is 0.399 e. The van der Waals surface area contributed by atoms with Crippen molar-refractivity contribution in [3.63, 3.8) is 0 Å². The number of nitrogens with zero attached hydrogens (tertiary/aromatic N) is 2. The maximum Gasteiger partial charge on any atom is 0.442 e. The largest absolute Gasteiger partial charge is 0.442 e. The third kappa shape index (κ3) is 2.21. The van der Waals surface area contributed by atoms with Gasteiger partial charge in [-0.25, -0.2) is 4.79 Å². The van der Waals surface area contributed by atoms with Crippen LogP contribution in [-0.4, -0.2) is 9.78 Å². The van der Waals surface area contributed by atoms with E-state index in [0.717, 1.165) is 5.56 Å². The number of anilines is 1. The van der Waals surface area contributed by atoms with Crippen LogP contribution in [0, 0.1) is 6.92 Å². The highest BCUT2D eigenvalue weighted by atomic mass is 16.4. The SMILES string of the molecule is Cc1ccc(-n2nc(-c3ccc(N)cc3)oc2=O)cc1. The molecule has 3 aromatic rings. The molecule has 0 amide bonds. The van der Waals surface area contributed by atoms with Crippen LogP contribution < -0.4 is 11.5 Å². The molecule has 2 N–H and O–H groups in total. The Morgan fingerprint density at radius 2 is 1.70 bits per heavy atom. The summed E-state index contributed by atoms with van der Waals surface area (Å²) in [5, 5.41) is 4.21. The molecule has 20 heavy (non-hydrogen) atoms. The zero-order valence-electron chi connectivity index (χ0n) is 10.9. The predicted octanol–water partition coefficient (Wildman–Crippen LogP) is 2.38. The lowest BCUT2D eigenvalue weighted by Crippen LogP contribution is -2.13. The minimum absolute atomic E-state index is 0.274. The molecule has 0 saturated heterocycles. The minimum atomic E-state index is -0.513. The lowest BCUT2D eigenvalue weighted by molar-refractivity contribution is 0.516. The standard InChI is InChI=1S/C15H13N3O2/c1-10-2-8-13(9-3-10)18-15(19)20-14(17-18)11-4-6-12(16)7-5-11/h2-9H,16H2,1H3. The summed E-state index contributed by atoms with van der Waals surface area (Å²) in [6, 6.07) is 14.5. The molecule has 0 fully saturated rings. The summed E-state index contributed by atoms with van der Waals surface area (Å²) < 4.78 is 6.42. The van der Waals surface area contributed by atoms with Crippen LogP contribution in [0.3, 0.4) is 0 Å². The van der Waals surface area contributed by atoms with Crippen molar-refractivity contribution in [2.45, 2.75) is 6.92 Å². The van der Waals surface area contributed by atoms with Crippen LogP contribution in [0.1, 0.15) is 5.56 Å². The van der Waals surface area contributed by atoms with Gasteiger partial charge in [0.05, 0.1) is 5.69 Å². The zero-order valence-corrected chi connectivity index (χ0v) is 10.9. The van der Waals surface area contributed by atoms with Gasteiger partial charge in [0.2, 0.25) is 5.89 Å². The molecule has 3 rings (SSSR count). The Morgan fingerprint density at radius 3 is 2.35 bits per heavy atom. The topological polar surface area (TPSA) is 74.1 Å². The number of aromatic nitrogens is 2. The second kappa shape index (κ2) is 4.70. The Labute approximate surface area is 115 Å². The van der Waals surface area contributed by atoms with Crippen molar-refractivity contribution in [3.8, 4) is 17.1 Å². The Kier molecular flexibility index (Phi) is 2.87. The average Bonchev–Trinajstić information content (AvgIpc) is 2.82. The van der Waals surface area contributed by atoms with E-state index in [9.17, 15) is 4.79 Å². The molecule has 100 valence electrons. The first-order valence-corrected chi connectivity index (χ1v) is 6.16. The number of nitrogen functional groups attached to an aromatic ring is 1. The quantitative estimate of drug-likeness (QED) is 0.723. The number of benzene rings is 2. The first kappa shape index (κ1) is 12.2. The molecular weight excluding hydrogens is 254 g/mol. The summed E-state index contributed by atoms with van der Waals surface area (Å²) in [7, 11) is 0. The van der Waals surface area contributed by atoms with Gasteiger partial charge in [0.1, 0.15) is 0 Å². The molecule has 0 aliphatic carbocycles. The van der Waals surface area contributed by atoms with Crippen molar-refractivity contribution in [3.05, 3.63) is 64.6 Å². The van der Waals surface area contributed by atoms with Crippen LogP contribution in [-0.2, 0) is 0 Å². The van der Waals surface area contributed by atoms with Crippen molar-refractivity contribution in [1.82, 2.24) is 9.78 Å². The van der Waals surface area contributed by atoms with Crippen LogP contribution in [0.15, 0.2) is 57.7 Å². The van der Waals surface area contributed by atoms with Gasteiger partial charge in [0, 0.05) is 11.3 Å². The molecule has 0 bridgehead atoms. The highest BCUT2D eigenvalue weighted by Gasteiger charge is 2.11. The predicted molar refractivity (Wildman–Crippen MR) is 76.7 cm³/mol. The third-order valence-corrected chi connectivity index (χ3v) is 2.98.